The Kier molecular flexibility index (Phi) is 4.89. The SMILES string of the molecule is C[C@@H](NC(=O)COC(=O)c1ccc(-n2cncn2)cc1)c1ccco1. The van der Waals surface area contributed by atoms with Crippen LogP contribution in [0.3, 0.4) is 0 Å². The smallest absolute Gasteiger partial charge is 0.338 e. The van der Waals surface area contributed by atoms with Crippen LogP contribution >= 0.6 is 0 Å². The third kappa shape index (κ3) is 4.11. The van der Waals surface area contributed by atoms with Crippen molar-refractivity contribution in [1.29, 1.82) is 0 Å². The Labute approximate surface area is 143 Å². The van der Waals surface area contributed by atoms with E-state index in [-0.39, 0.29) is 12.6 Å². The number of aromatic nitrogens is 3. The molecule has 0 aliphatic rings. The minimum atomic E-state index is -0.578. The van der Waals surface area contributed by atoms with E-state index in [1.54, 1.807) is 54.3 Å². The molecular formula is C17H16N4O4. The van der Waals surface area contributed by atoms with E-state index >= 15 is 0 Å². The maximum atomic E-state index is 12.0. The number of hydrogen-bond donors (Lipinski definition) is 1. The highest BCUT2D eigenvalue weighted by molar-refractivity contribution is 5.91. The summed E-state index contributed by atoms with van der Waals surface area (Å²) >= 11 is 0. The van der Waals surface area contributed by atoms with Gasteiger partial charge in [0.1, 0.15) is 18.4 Å². The number of carbonyl (C=O) groups is 2. The molecule has 2 aromatic heterocycles. The summed E-state index contributed by atoms with van der Waals surface area (Å²) < 4.78 is 11.8. The molecule has 0 radical (unpaired) electrons. The topological polar surface area (TPSA) is 99.2 Å². The van der Waals surface area contributed by atoms with Gasteiger partial charge in [0.15, 0.2) is 6.61 Å². The fourth-order valence-corrected chi connectivity index (χ4v) is 2.20. The quantitative estimate of drug-likeness (QED) is 0.688. The predicted octanol–water partition coefficient (Wildman–Crippen LogP) is 1.89. The van der Waals surface area contributed by atoms with Gasteiger partial charge in [-0.2, -0.15) is 5.10 Å². The Hall–Kier alpha value is -3.42. The first-order valence-electron chi connectivity index (χ1n) is 7.58. The first-order valence-corrected chi connectivity index (χ1v) is 7.58. The van der Waals surface area contributed by atoms with E-state index in [0.717, 1.165) is 5.69 Å². The van der Waals surface area contributed by atoms with Crippen molar-refractivity contribution in [3.63, 3.8) is 0 Å². The average molecular weight is 340 g/mol. The standard InChI is InChI=1S/C17H16N4O4/c1-12(15-3-2-8-24-15)20-16(22)9-25-17(23)13-4-6-14(7-5-13)21-11-18-10-19-21/h2-8,10-12H,9H2,1H3,(H,20,22)/t12-/m1/s1. The second-order valence-electron chi connectivity index (χ2n) is 5.27. The first-order chi connectivity index (χ1) is 12.1. The summed E-state index contributed by atoms with van der Waals surface area (Å²) in [5, 5.41) is 6.69. The van der Waals surface area contributed by atoms with Crippen LogP contribution in [0.1, 0.15) is 29.1 Å². The molecule has 0 saturated carbocycles. The van der Waals surface area contributed by atoms with Crippen molar-refractivity contribution in [3.8, 4) is 5.69 Å². The largest absolute Gasteiger partial charge is 0.467 e. The predicted molar refractivity (Wildman–Crippen MR) is 86.9 cm³/mol. The summed E-state index contributed by atoms with van der Waals surface area (Å²) in [7, 11) is 0. The number of furan rings is 1. The maximum Gasteiger partial charge on any atom is 0.338 e. The van der Waals surface area contributed by atoms with Crippen LogP contribution in [-0.4, -0.2) is 33.2 Å². The van der Waals surface area contributed by atoms with Crippen LogP contribution in [-0.2, 0) is 9.53 Å². The van der Waals surface area contributed by atoms with E-state index in [0.29, 0.717) is 11.3 Å². The fourth-order valence-electron chi connectivity index (χ4n) is 2.20. The monoisotopic (exact) mass is 340 g/mol. The van der Waals surface area contributed by atoms with Crippen molar-refractivity contribution >= 4 is 11.9 Å². The lowest BCUT2D eigenvalue weighted by molar-refractivity contribution is -0.125. The summed E-state index contributed by atoms with van der Waals surface area (Å²) in [6.07, 6.45) is 4.50. The van der Waals surface area contributed by atoms with E-state index in [2.05, 4.69) is 15.4 Å². The summed E-state index contributed by atoms with van der Waals surface area (Å²) in [4.78, 5) is 27.7. The molecule has 3 rings (SSSR count). The molecule has 0 aliphatic heterocycles. The number of rotatable bonds is 6. The lowest BCUT2D eigenvalue weighted by Crippen LogP contribution is -2.30. The van der Waals surface area contributed by atoms with Crippen molar-refractivity contribution in [2.75, 3.05) is 6.61 Å². The molecular weight excluding hydrogens is 324 g/mol. The molecule has 0 unspecified atom stereocenters. The van der Waals surface area contributed by atoms with E-state index in [4.69, 9.17) is 9.15 Å². The van der Waals surface area contributed by atoms with Crippen LogP contribution < -0.4 is 5.32 Å². The van der Waals surface area contributed by atoms with Crippen LogP contribution in [0, 0.1) is 0 Å². The Morgan fingerprint density at radius 1 is 1.28 bits per heavy atom. The highest BCUT2D eigenvalue weighted by Crippen LogP contribution is 2.12. The van der Waals surface area contributed by atoms with Crippen LogP contribution in [0.25, 0.3) is 5.69 Å². The number of esters is 1. The van der Waals surface area contributed by atoms with Crippen molar-refractivity contribution in [2.45, 2.75) is 13.0 Å². The summed E-state index contributed by atoms with van der Waals surface area (Å²) in [6, 6.07) is 9.82. The Morgan fingerprint density at radius 3 is 2.72 bits per heavy atom. The molecule has 1 amide bonds. The molecule has 3 aromatic rings. The van der Waals surface area contributed by atoms with Gasteiger partial charge in [-0.05, 0) is 43.3 Å². The minimum absolute atomic E-state index is 0.303. The summed E-state index contributed by atoms with van der Waals surface area (Å²) in [6.45, 7) is 1.41. The van der Waals surface area contributed by atoms with Crippen LogP contribution in [0.2, 0.25) is 0 Å². The van der Waals surface area contributed by atoms with Crippen molar-refractivity contribution in [3.05, 3.63) is 66.6 Å². The lowest BCUT2D eigenvalue weighted by atomic mass is 10.2. The average Bonchev–Trinajstić information content (AvgIpc) is 3.33. The number of benzene rings is 1. The van der Waals surface area contributed by atoms with Crippen LogP contribution in [0.4, 0.5) is 0 Å². The van der Waals surface area contributed by atoms with Gasteiger partial charge in [0, 0.05) is 0 Å². The Bertz CT molecular complexity index is 826. The van der Waals surface area contributed by atoms with Gasteiger partial charge in [0.2, 0.25) is 0 Å². The van der Waals surface area contributed by atoms with Crippen molar-refractivity contribution in [2.24, 2.45) is 0 Å². The molecule has 1 aromatic carbocycles. The number of nitrogens with one attached hydrogen (secondary N) is 1. The molecule has 0 fully saturated rings. The van der Waals surface area contributed by atoms with Gasteiger partial charge >= 0.3 is 5.97 Å². The number of nitrogens with zero attached hydrogens (tertiary/aromatic N) is 3. The number of carbonyl (C=O) groups excluding carboxylic acids is 2. The normalized spacial score (nSPS) is 11.7. The van der Waals surface area contributed by atoms with Crippen molar-refractivity contribution in [1.82, 2.24) is 20.1 Å². The number of hydrogen-bond acceptors (Lipinski definition) is 6. The number of ether oxygens (including phenoxy) is 1. The number of amides is 1. The Balaban J connectivity index is 1.51. The molecule has 1 N–H and O–H groups in total. The molecule has 2 heterocycles. The van der Waals surface area contributed by atoms with Crippen LogP contribution in [0.5, 0.6) is 0 Å². The molecule has 0 saturated heterocycles. The van der Waals surface area contributed by atoms with Gasteiger partial charge < -0.3 is 14.5 Å². The van der Waals surface area contributed by atoms with E-state index < -0.39 is 11.9 Å². The summed E-state index contributed by atoms with van der Waals surface area (Å²) in [5.41, 5.74) is 1.11. The van der Waals surface area contributed by atoms with Gasteiger partial charge in [-0.1, -0.05) is 0 Å². The minimum Gasteiger partial charge on any atom is -0.467 e. The van der Waals surface area contributed by atoms with Gasteiger partial charge in [0.25, 0.3) is 5.91 Å². The molecule has 8 heteroatoms. The molecule has 0 aliphatic carbocycles. The highest BCUT2D eigenvalue weighted by Gasteiger charge is 2.14. The Morgan fingerprint density at radius 2 is 2.08 bits per heavy atom. The van der Waals surface area contributed by atoms with Gasteiger partial charge in [0.05, 0.1) is 23.6 Å². The fraction of sp³-hybridized carbons (Fsp3) is 0.176. The molecule has 8 nitrogen and oxygen atoms in total. The molecule has 1 atom stereocenters. The zero-order valence-electron chi connectivity index (χ0n) is 13.5. The van der Waals surface area contributed by atoms with Gasteiger partial charge in [-0.3, -0.25) is 4.79 Å². The van der Waals surface area contributed by atoms with Gasteiger partial charge in [-0.25, -0.2) is 14.5 Å². The third-order valence-electron chi connectivity index (χ3n) is 3.47. The zero-order chi connectivity index (χ0) is 17.6. The second kappa shape index (κ2) is 7.43. The highest BCUT2D eigenvalue weighted by atomic mass is 16.5. The van der Waals surface area contributed by atoms with E-state index in [1.165, 1.54) is 12.6 Å². The van der Waals surface area contributed by atoms with E-state index in [9.17, 15) is 9.59 Å². The van der Waals surface area contributed by atoms with Crippen molar-refractivity contribution < 1.29 is 18.7 Å². The third-order valence-corrected chi connectivity index (χ3v) is 3.47. The zero-order valence-corrected chi connectivity index (χ0v) is 13.5. The lowest BCUT2D eigenvalue weighted by Gasteiger charge is -2.11. The molecule has 0 spiro atoms. The maximum absolute atomic E-state index is 12.0. The summed E-state index contributed by atoms with van der Waals surface area (Å²) in [5.74, 6) is -0.356. The molecule has 0 bridgehead atoms. The molecule has 128 valence electrons. The second-order valence-corrected chi connectivity index (χ2v) is 5.27. The molecule has 25 heavy (non-hydrogen) atoms. The van der Waals surface area contributed by atoms with E-state index in [1.807, 2.05) is 0 Å². The van der Waals surface area contributed by atoms with Gasteiger partial charge in [-0.15, -0.1) is 0 Å². The van der Waals surface area contributed by atoms with Crippen LogP contribution in [0.15, 0.2) is 59.7 Å². The first kappa shape index (κ1) is 16.4.